The molecule has 2 aromatic carbocycles. The molecule has 1 saturated heterocycles. The van der Waals surface area contributed by atoms with Gasteiger partial charge in [0.2, 0.25) is 11.8 Å². The highest BCUT2D eigenvalue weighted by Crippen LogP contribution is 2.44. The lowest BCUT2D eigenvalue weighted by Crippen LogP contribution is -2.50. The summed E-state index contributed by atoms with van der Waals surface area (Å²) in [5.41, 5.74) is 2.20. The van der Waals surface area contributed by atoms with Gasteiger partial charge in [0.15, 0.2) is 5.58 Å². The van der Waals surface area contributed by atoms with E-state index in [4.69, 9.17) is 25.6 Å². The van der Waals surface area contributed by atoms with Crippen molar-refractivity contribution in [1.82, 2.24) is 15.0 Å². The van der Waals surface area contributed by atoms with Crippen molar-refractivity contribution in [3.05, 3.63) is 58.2 Å². The van der Waals surface area contributed by atoms with E-state index in [1.54, 1.807) is 49.6 Å². The van der Waals surface area contributed by atoms with Gasteiger partial charge in [0.1, 0.15) is 29.8 Å². The van der Waals surface area contributed by atoms with Gasteiger partial charge in [-0.1, -0.05) is 35.8 Å². The van der Waals surface area contributed by atoms with Gasteiger partial charge in [0.25, 0.3) is 0 Å². The first-order chi connectivity index (χ1) is 19.0. The van der Waals surface area contributed by atoms with Crippen molar-refractivity contribution in [1.29, 1.82) is 0 Å². The molecule has 0 spiro atoms. The third kappa shape index (κ3) is 5.66. The van der Waals surface area contributed by atoms with Crippen molar-refractivity contribution >= 4 is 40.4 Å². The van der Waals surface area contributed by atoms with Crippen molar-refractivity contribution in [2.75, 3.05) is 13.1 Å². The molecule has 2 aliphatic rings. The molecule has 9 nitrogen and oxygen atoms in total. The van der Waals surface area contributed by atoms with E-state index in [0.717, 1.165) is 10.9 Å². The Morgan fingerprint density at radius 3 is 2.65 bits per heavy atom. The summed E-state index contributed by atoms with van der Waals surface area (Å²) in [5.74, 6) is -0.819. The number of aromatic nitrogens is 1. The summed E-state index contributed by atoms with van der Waals surface area (Å²) in [6, 6.07) is 11.1. The average molecular weight is 568 g/mol. The number of ether oxygens (including phenoxy) is 2. The highest BCUT2D eigenvalue weighted by Gasteiger charge is 2.43. The number of carbonyl (C=O) groups excluding carboxylic acids is 3. The Morgan fingerprint density at radius 1 is 1.15 bits per heavy atom. The fourth-order valence-electron chi connectivity index (χ4n) is 5.46. The molecular weight excluding hydrogens is 534 g/mol. The number of nitrogens with zero attached hydrogens (tertiary/aromatic N) is 3. The Labute approximate surface area is 238 Å². The lowest BCUT2D eigenvalue weighted by molar-refractivity contribution is -0.160. The Hall–Kier alpha value is -3.59. The SMILES string of the molecule is C[C@H](CC(=O)OC(C)(C)C)C(=O)N1CCc2c(Cl)ccc(OCc3noc4ccccc34)c2C1N1CCCC1=O. The molecule has 2 atom stereocenters. The summed E-state index contributed by atoms with van der Waals surface area (Å²) in [7, 11) is 0. The number of fused-ring (bicyclic) bond motifs is 2. The quantitative estimate of drug-likeness (QED) is 0.351. The molecule has 1 fully saturated rings. The number of rotatable bonds is 7. The Balaban J connectivity index is 1.47. The van der Waals surface area contributed by atoms with Crippen molar-refractivity contribution in [3.63, 3.8) is 0 Å². The Morgan fingerprint density at radius 2 is 1.93 bits per heavy atom. The van der Waals surface area contributed by atoms with E-state index in [0.29, 0.717) is 60.0 Å². The number of halogens is 1. The number of carbonyl (C=O) groups is 3. The van der Waals surface area contributed by atoms with Crippen LogP contribution in [-0.2, 0) is 32.1 Å². The minimum absolute atomic E-state index is 0.0381. The molecule has 3 heterocycles. The van der Waals surface area contributed by atoms with Crippen LogP contribution in [0.2, 0.25) is 5.02 Å². The Bertz CT molecular complexity index is 1440. The molecule has 2 amide bonds. The fraction of sp³-hybridized carbons (Fsp3) is 0.467. The van der Waals surface area contributed by atoms with E-state index in [9.17, 15) is 14.4 Å². The van der Waals surface area contributed by atoms with Crippen LogP contribution in [0.5, 0.6) is 5.75 Å². The van der Waals surface area contributed by atoms with Crippen molar-refractivity contribution in [2.24, 2.45) is 5.92 Å². The summed E-state index contributed by atoms with van der Waals surface area (Å²) in [5, 5.41) is 5.58. The van der Waals surface area contributed by atoms with Gasteiger partial charge >= 0.3 is 5.97 Å². The van der Waals surface area contributed by atoms with E-state index in [2.05, 4.69) is 5.16 Å². The molecule has 1 unspecified atom stereocenters. The zero-order chi connectivity index (χ0) is 28.6. The van der Waals surface area contributed by atoms with E-state index < -0.39 is 23.7 Å². The van der Waals surface area contributed by atoms with Crippen LogP contribution in [0.1, 0.15) is 69.9 Å². The minimum Gasteiger partial charge on any atom is -0.487 e. The molecule has 0 saturated carbocycles. The lowest BCUT2D eigenvalue weighted by Gasteiger charge is -2.43. The molecular formula is C30H34ClN3O6. The molecule has 0 N–H and O–H groups in total. The first kappa shape index (κ1) is 28.0. The largest absolute Gasteiger partial charge is 0.487 e. The van der Waals surface area contributed by atoms with E-state index >= 15 is 0 Å². The van der Waals surface area contributed by atoms with Crippen molar-refractivity contribution in [2.45, 2.75) is 71.8 Å². The zero-order valence-corrected chi connectivity index (χ0v) is 24.0. The zero-order valence-electron chi connectivity index (χ0n) is 23.2. The van der Waals surface area contributed by atoms with Gasteiger partial charge in [-0.25, -0.2) is 0 Å². The van der Waals surface area contributed by atoms with Crippen LogP contribution in [0.25, 0.3) is 11.0 Å². The van der Waals surface area contributed by atoms with Gasteiger partial charge in [-0.05, 0) is 63.4 Å². The monoisotopic (exact) mass is 567 g/mol. The lowest BCUT2D eigenvalue weighted by atomic mass is 9.93. The van der Waals surface area contributed by atoms with Crippen molar-refractivity contribution < 1.29 is 28.4 Å². The Kier molecular flexibility index (Phi) is 7.77. The number of para-hydroxylation sites is 1. The van der Waals surface area contributed by atoms with Crippen LogP contribution in [0.15, 0.2) is 40.9 Å². The van der Waals surface area contributed by atoms with Gasteiger partial charge < -0.3 is 23.8 Å². The molecule has 0 aliphatic carbocycles. The number of likely N-dealkylation sites (tertiary alicyclic amines) is 1. The fourth-order valence-corrected chi connectivity index (χ4v) is 5.72. The molecule has 0 radical (unpaired) electrons. The smallest absolute Gasteiger partial charge is 0.307 e. The topological polar surface area (TPSA) is 102 Å². The summed E-state index contributed by atoms with van der Waals surface area (Å²) in [6.45, 7) is 8.09. The van der Waals surface area contributed by atoms with Gasteiger partial charge in [0.05, 0.1) is 6.42 Å². The van der Waals surface area contributed by atoms with Crippen LogP contribution in [0.3, 0.4) is 0 Å². The van der Waals surface area contributed by atoms with Crippen LogP contribution in [0.4, 0.5) is 0 Å². The van der Waals surface area contributed by atoms with Crippen molar-refractivity contribution in [3.8, 4) is 5.75 Å². The minimum atomic E-state index is -0.699. The predicted molar refractivity (Wildman–Crippen MR) is 149 cm³/mol. The molecule has 212 valence electrons. The number of hydrogen-bond acceptors (Lipinski definition) is 7. The third-order valence-electron chi connectivity index (χ3n) is 7.24. The molecule has 5 rings (SSSR count). The van der Waals surface area contributed by atoms with Crippen LogP contribution in [0, 0.1) is 5.92 Å². The van der Waals surface area contributed by atoms with Crippen LogP contribution >= 0.6 is 11.6 Å². The van der Waals surface area contributed by atoms with Gasteiger partial charge in [0, 0.05) is 41.4 Å². The maximum Gasteiger partial charge on any atom is 0.307 e. The molecule has 1 aromatic heterocycles. The summed E-state index contributed by atoms with van der Waals surface area (Å²) in [6.07, 6.45) is 0.834. The molecule has 10 heteroatoms. The van der Waals surface area contributed by atoms with E-state index in [-0.39, 0.29) is 24.8 Å². The number of amides is 2. The second kappa shape index (κ2) is 11.1. The molecule has 2 aliphatic heterocycles. The summed E-state index contributed by atoms with van der Waals surface area (Å²) < 4.78 is 17.2. The number of esters is 1. The first-order valence-electron chi connectivity index (χ1n) is 13.6. The van der Waals surface area contributed by atoms with Crippen LogP contribution in [-0.4, -0.2) is 51.4 Å². The molecule has 40 heavy (non-hydrogen) atoms. The third-order valence-corrected chi connectivity index (χ3v) is 7.59. The maximum atomic E-state index is 13.9. The molecule has 3 aromatic rings. The first-order valence-corrected chi connectivity index (χ1v) is 14.0. The average Bonchev–Trinajstić information content (AvgIpc) is 3.52. The maximum absolute atomic E-state index is 13.9. The highest BCUT2D eigenvalue weighted by molar-refractivity contribution is 6.31. The number of benzene rings is 2. The van der Waals surface area contributed by atoms with Gasteiger partial charge in [-0.3, -0.25) is 14.4 Å². The van der Waals surface area contributed by atoms with Gasteiger partial charge in [-0.15, -0.1) is 0 Å². The normalized spacial score (nSPS) is 18.1. The van der Waals surface area contributed by atoms with Gasteiger partial charge in [-0.2, -0.15) is 0 Å². The molecule has 0 bridgehead atoms. The number of hydrogen-bond donors (Lipinski definition) is 0. The standard InChI is InChI=1S/C30H34ClN3O6/c1-18(16-26(36)39-30(2,3)4)29(37)34-15-13-19-21(31)11-12-24(27(19)28(34)33-14-7-10-25(33)35)38-17-22-20-8-5-6-9-23(20)40-32-22/h5-6,8-9,11-12,18,28H,7,10,13-17H2,1-4H3/t18-,28?/m1/s1. The second-order valence-corrected chi connectivity index (χ2v) is 11.8. The highest BCUT2D eigenvalue weighted by atomic mass is 35.5. The second-order valence-electron chi connectivity index (χ2n) is 11.4. The summed E-state index contributed by atoms with van der Waals surface area (Å²) in [4.78, 5) is 42.9. The van der Waals surface area contributed by atoms with E-state index in [1.165, 1.54) is 0 Å². The predicted octanol–water partition coefficient (Wildman–Crippen LogP) is 5.43. The van der Waals surface area contributed by atoms with E-state index in [1.807, 2.05) is 24.3 Å². The van der Waals surface area contributed by atoms with Crippen LogP contribution < -0.4 is 4.74 Å². The summed E-state index contributed by atoms with van der Waals surface area (Å²) >= 11 is 6.67.